The van der Waals surface area contributed by atoms with Crippen LogP contribution in [0.25, 0.3) is 0 Å². The summed E-state index contributed by atoms with van der Waals surface area (Å²) in [4.78, 5) is 0. The van der Waals surface area contributed by atoms with Gasteiger partial charge in [0.1, 0.15) is 0 Å². The highest BCUT2D eigenvalue weighted by Crippen LogP contribution is 2.13. The molecule has 0 amide bonds. The molecule has 7 heavy (non-hydrogen) atoms. The molecule has 0 nitrogen and oxygen atoms in total. The molecule has 0 aromatic heterocycles. The molecule has 0 unspecified atom stereocenters. The van der Waals surface area contributed by atoms with Gasteiger partial charge in [0.2, 0.25) is 0 Å². The van der Waals surface area contributed by atoms with E-state index in [1.165, 1.54) is 17.3 Å². The Balaban J connectivity index is 2.58. The fraction of sp³-hybridized carbons (Fsp3) is 0.333. The molecular weight excluding hydrogens is 152 g/mol. The van der Waals surface area contributed by atoms with Crippen molar-refractivity contribution in [2.45, 2.75) is 12.8 Å². The standard InChI is InChI=1S/C6H7Br/c7-6-4-2-1-3-5-6/h2,4-5H,1,3H2. The van der Waals surface area contributed by atoms with E-state index in [-0.39, 0.29) is 0 Å². The molecule has 0 radical (unpaired) electrons. The van der Waals surface area contributed by atoms with Crippen LogP contribution in [0.15, 0.2) is 22.7 Å². The second kappa shape index (κ2) is 2.31. The van der Waals surface area contributed by atoms with Crippen LogP contribution in [0.1, 0.15) is 12.8 Å². The summed E-state index contributed by atoms with van der Waals surface area (Å²) in [5.41, 5.74) is 0. The van der Waals surface area contributed by atoms with Crippen LogP contribution in [-0.4, -0.2) is 0 Å². The predicted octanol–water partition coefficient (Wildman–Crippen LogP) is 2.62. The first kappa shape index (κ1) is 5.10. The molecule has 0 saturated heterocycles. The number of halogens is 1. The lowest BCUT2D eigenvalue weighted by molar-refractivity contribution is 1.03. The summed E-state index contributed by atoms with van der Waals surface area (Å²) in [6.45, 7) is 0. The van der Waals surface area contributed by atoms with E-state index in [0.717, 1.165) is 0 Å². The average molecular weight is 159 g/mol. The third-order valence-corrected chi connectivity index (χ3v) is 1.54. The monoisotopic (exact) mass is 158 g/mol. The Morgan fingerprint density at radius 1 is 1.43 bits per heavy atom. The van der Waals surface area contributed by atoms with E-state index in [1.54, 1.807) is 0 Å². The molecule has 0 atom stereocenters. The Morgan fingerprint density at radius 3 is 2.57 bits per heavy atom. The van der Waals surface area contributed by atoms with E-state index < -0.39 is 0 Å². The number of hydrogen-bond acceptors (Lipinski definition) is 0. The van der Waals surface area contributed by atoms with Gasteiger partial charge in [0, 0.05) is 4.48 Å². The van der Waals surface area contributed by atoms with Gasteiger partial charge in [-0.2, -0.15) is 0 Å². The fourth-order valence-corrected chi connectivity index (χ4v) is 0.997. The van der Waals surface area contributed by atoms with Crippen LogP contribution >= 0.6 is 15.9 Å². The first-order valence-corrected chi connectivity index (χ1v) is 3.21. The number of hydrogen-bond donors (Lipinski definition) is 0. The summed E-state index contributed by atoms with van der Waals surface area (Å²) in [6.07, 6.45) is 8.83. The fourth-order valence-electron chi connectivity index (χ4n) is 0.581. The van der Waals surface area contributed by atoms with Crippen LogP contribution < -0.4 is 0 Å². The van der Waals surface area contributed by atoms with E-state index >= 15 is 0 Å². The number of rotatable bonds is 0. The Morgan fingerprint density at radius 2 is 2.29 bits per heavy atom. The van der Waals surface area contributed by atoms with Crippen molar-refractivity contribution in [2.75, 3.05) is 0 Å². The van der Waals surface area contributed by atoms with Crippen molar-refractivity contribution in [2.24, 2.45) is 0 Å². The third-order valence-electron chi connectivity index (χ3n) is 0.950. The Bertz CT molecular complexity index is 111. The van der Waals surface area contributed by atoms with Crippen LogP contribution in [0.3, 0.4) is 0 Å². The normalized spacial score (nSPS) is 19.3. The molecule has 1 heteroatoms. The minimum absolute atomic E-state index is 1.19. The molecule has 0 aromatic rings. The van der Waals surface area contributed by atoms with Crippen molar-refractivity contribution >= 4 is 15.9 Å². The molecule has 1 aliphatic rings. The Labute approximate surface area is 52.0 Å². The van der Waals surface area contributed by atoms with E-state index in [4.69, 9.17) is 0 Å². The highest BCUT2D eigenvalue weighted by atomic mass is 79.9. The maximum Gasteiger partial charge on any atom is 0.0132 e. The first-order chi connectivity index (χ1) is 3.39. The SMILES string of the molecule is BrC1=CCCC=C1. The molecule has 1 aliphatic carbocycles. The van der Waals surface area contributed by atoms with Gasteiger partial charge in [-0.25, -0.2) is 0 Å². The highest BCUT2D eigenvalue weighted by Gasteiger charge is 1.88. The van der Waals surface area contributed by atoms with E-state index in [1.807, 2.05) is 0 Å². The Hall–Kier alpha value is -0.0400. The van der Waals surface area contributed by atoms with Gasteiger partial charge in [0.05, 0.1) is 0 Å². The zero-order valence-corrected chi connectivity index (χ0v) is 5.61. The second-order valence-electron chi connectivity index (χ2n) is 1.57. The van der Waals surface area contributed by atoms with E-state index in [9.17, 15) is 0 Å². The summed E-state index contributed by atoms with van der Waals surface area (Å²) in [5, 5.41) is 0. The number of allylic oxidation sites excluding steroid dienone is 4. The Kier molecular flexibility index (Phi) is 1.69. The van der Waals surface area contributed by atoms with Gasteiger partial charge >= 0.3 is 0 Å². The maximum atomic E-state index is 3.36. The first-order valence-electron chi connectivity index (χ1n) is 2.42. The van der Waals surface area contributed by atoms with Crippen LogP contribution in [0.4, 0.5) is 0 Å². The van der Waals surface area contributed by atoms with Crippen molar-refractivity contribution in [3.63, 3.8) is 0 Å². The van der Waals surface area contributed by atoms with Crippen molar-refractivity contribution in [1.29, 1.82) is 0 Å². The van der Waals surface area contributed by atoms with Gasteiger partial charge in [-0.15, -0.1) is 0 Å². The molecule has 0 saturated carbocycles. The molecule has 0 N–H and O–H groups in total. The van der Waals surface area contributed by atoms with Gasteiger partial charge in [-0.1, -0.05) is 34.2 Å². The van der Waals surface area contributed by atoms with Crippen molar-refractivity contribution in [3.8, 4) is 0 Å². The molecule has 0 fully saturated rings. The lowest BCUT2D eigenvalue weighted by Crippen LogP contribution is -1.73. The highest BCUT2D eigenvalue weighted by molar-refractivity contribution is 9.11. The van der Waals surface area contributed by atoms with Crippen molar-refractivity contribution in [3.05, 3.63) is 22.7 Å². The zero-order valence-electron chi connectivity index (χ0n) is 4.02. The van der Waals surface area contributed by atoms with Crippen molar-refractivity contribution < 1.29 is 0 Å². The molecule has 0 spiro atoms. The largest absolute Gasteiger partial charge is 0.0831 e. The summed E-state index contributed by atoms with van der Waals surface area (Å²) in [7, 11) is 0. The van der Waals surface area contributed by atoms with Crippen LogP contribution in [0.5, 0.6) is 0 Å². The van der Waals surface area contributed by atoms with E-state index in [0.29, 0.717) is 0 Å². The topological polar surface area (TPSA) is 0 Å². The van der Waals surface area contributed by atoms with Crippen LogP contribution in [0, 0.1) is 0 Å². The molecule has 0 aromatic carbocycles. The van der Waals surface area contributed by atoms with Crippen molar-refractivity contribution in [1.82, 2.24) is 0 Å². The summed E-state index contributed by atoms with van der Waals surface area (Å²) >= 11 is 3.36. The molecule has 0 aliphatic heterocycles. The minimum Gasteiger partial charge on any atom is -0.0831 e. The maximum absolute atomic E-state index is 3.36. The summed E-state index contributed by atoms with van der Waals surface area (Å²) in [6, 6.07) is 0. The van der Waals surface area contributed by atoms with Gasteiger partial charge < -0.3 is 0 Å². The predicted molar refractivity (Wildman–Crippen MR) is 35.4 cm³/mol. The third kappa shape index (κ3) is 1.48. The van der Waals surface area contributed by atoms with Crippen LogP contribution in [-0.2, 0) is 0 Å². The van der Waals surface area contributed by atoms with E-state index in [2.05, 4.69) is 34.2 Å². The average Bonchev–Trinajstić information content (AvgIpc) is 1.69. The van der Waals surface area contributed by atoms with Gasteiger partial charge in [-0.05, 0) is 12.8 Å². The molecule has 0 bridgehead atoms. The summed E-state index contributed by atoms with van der Waals surface area (Å²) < 4.78 is 1.22. The van der Waals surface area contributed by atoms with Gasteiger partial charge in [-0.3, -0.25) is 0 Å². The molecule has 1 rings (SSSR count). The lowest BCUT2D eigenvalue weighted by atomic mass is 10.2. The van der Waals surface area contributed by atoms with Crippen LogP contribution in [0.2, 0.25) is 0 Å². The smallest absolute Gasteiger partial charge is 0.0132 e. The molecule has 0 heterocycles. The lowest BCUT2D eigenvalue weighted by Gasteiger charge is -1.95. The second-order valence-corrected chi connectivity index (χ2v) is 2.48. The van der Waals surface area contributed by atoms with Gasteiger partial charge in [0.15, 0.2) is 0 Å². The quantitative estimate of drug-likeness (QED) is 0.509. The van der Waals surface area contributed by atoms with Gasteiger partial charge in [0.25, 0.3) is 0 Å². The minimum atomic E-state index is 1.19. The zero-order chi connectivity index (χ0) is 5.11. The molecular formula is C6H7Br. The summed E-state index contributed by atoms with van der Waals surface area (Å²) in [5.74, 6) is 0. The molecule has 38 valence electrons.